The lowest BCUT2D eigenvalue weighted by Crippen LogP contribution is -2.18. The van der Waals surface area contributed by atoms with E-state index in [0.29, 0.717) is 11.3 Å². The predicted octanol–water partition coefficient (Wildman–Crippen LogP) is 3.60. The highest BCUT2D eigenvalue weighted by Gasteiger charge is 2.26. The Balaban J connectivity index is 1.67. The summed E-state index contributed by atoms with van der Waals surface area (Å²) in [6.45, 7) is 1.64. The molecule has 0 amide bonds. The van der Waals surface area contributed by atoms with E-state index in [9.17, 15) is 14.9 Å². The number of hydrogen-bond donors (Lipinski definition) is 0. The van der Waals surface area contributed by atoms with Gasteiger partial charge in [0.1, 0.15) is 5.69 Å². The van der Waals surface area contributed by atoms with Crippen molar-refractivity contribution in [3.8, 4) is 0 Å². The molecule has 3 heterocycles. The Bertz CT molecular complexity index is 928. The highest BCUT2D eigenvalue weighted by atomic mass is 32.1. The summed E-state index contributed by atoms with van der Waals surface area (Å²) in [5, 5.41) is 13.3. The molecule has 4 rings (SSSR count). The van der Waals surface area contributed by atoms with Gasteiger partial charge >= 0.3 is 5.97 Å². The zero-order valence-corrected chi connectivity index (χ0v) is 14.6. The van der Waals surface area contributed by atoms with E-state index in [1.807, 2.05) is 22.4 Å². The van der Waals surface area contributed by atoms with Gasteiger partial charge in [-0.2, -0.15) is 0 Å². The fourth-order valence-corrected chi connectivity index (χ4v) is 3.72. The minimum atomic E-state index is -0.556. The number of benzene rings is 1. The van der Waals surface area contributed by atoms with Crippen LogP contribution >= 0.6 is 11.3 Å². The van der Waals surface area contributed by atoms with Crippen LogP contribution in [-0.4, -0.2) is 29.9 Å². The van der Waals surface area contributed by atoms with Gasteiger partial charge in [0.25, 0.3) is 5.69 Å². The quantitative estimate of drug-likeness (QED) is 0.356. The molecule has 1 fully saturated rings. The maximum absolute atomic E-state index is 12.0. The van der Waals surface area contributed by atoms with Crippen molar-refractivity contribution in [2.24, 2.45) is 4.99 Å². The van der Waals surface area contributed by atoms with Gasteiger partial charge in [0, 0.05) is 19.2 Å². The summed E-state index contributed by atoms with van der Waals surface area (Å²) in [6.07, 6.45) is 3.59. The van der Waals surface area contributed by atoms with Crippen molar-refractivity contribution in [3.63, 3.8) is 0 Å². The van der Waals surface area contributed by atoms with E-state index >= 15 is 0 Å². The Morgan fingerprint density at radius 3 is 2.77 bits per heavy atom. The standard InChI is InChI=1S/C18H15N3O4S/c22-18-13(19-17(25-18)16-4-3-9-26-16)10-12-5-6-14(15(11-12)21(23)24)20-7-1-2-8-20/h3-6,9-11H,1-2,7-8H2. The van der Waals surface area contributed by atoms with Crippen molar-refractivity contribution >= 4 is 40.7 Å². The first-order valence-corrected chi connectivity index (χ1v) is 9.09. The molecular weight excluding hydrogens is 354 g/mol. The first-order valence-electron chi connectivity index (χ1n) is 8.21. The predicted molar refractivity (Wildman–Crippen MR) is 99.5 cm³/mol. The van der Waals surface area contributed by atoms with Crippen molar-refractivity contribution in [1.29, 1.82) is 0 Å². The Morgan fingerprint density at radius 1 is 1.27 bits per heavy atom. The van der Waals surface area contributed by atoms with Crippen LogP contribution in [0.3, 0.4) is 0 Å². The van der Waals surface area contributed by atoms with Crippen molar-refractivity contribution < 1.29 is 14.5 Å². The molecule has 0 spiro atoms. The topological polar surface area (TPSA) is 85.0 Å². The monoisotopic (exact) mass is 369 g/mol. The normalized spacial score (nSPS) is 18.3. The lowest BCUT2D eigenvalue weighted by molar-refractivity contribution is -0.384. The largest absolute Gasteiger partial charge is 0.401 e. The molecule has 0 aliphatic carbocycles. The second kappa shape index (κ2) is 6.72. The summed E-state index contributed by atoms with van der Waals surface area (Å²) in [5.74, 6) is -0.292. The third-order valence-electron chi connectivity index (χ3n) is 4.30. The van der Waals surface area contributed by atoms with Crippen LogP contribution in [0.15, 0.2) is 46.4 Å². The van der Waals surface area contributed by atoms with Gasteiger partial charge in [0.15, 0.2) is 5.70 Å². The highest BCUT2D eigenvalue weighted by molar-refractivity contribution is 7.12. The number of cyclic esters (lactones) is 1. The molecule has 0 radical (unpaired) electrons. The zero-order valence-electron chi connectivity index (χ0n) is 13.8. The maximum Gasteiger partial charge on any atom is 0.363 e. The van der Waals surface area contributed by atoms with Crippen molar-refractivity contribution in [2.45, 2.75) is 12.8 Å². The van der Waals surface area contributed by atoms with E-state index in [-0.39, 0.29) is 22.2 Å². The van der Waals surface area contributed by atoms with Crippen LogP contribution < -0.4 is 4.90 Å². The number of nitro groups is 1. The first kappa shape index (κ1) is 16.5. The molecule has 0 N–H and O–H groups in total. The molecule has 0 unspecified atom stereocenters. The number of rotatable bonds is 4. The van der Waals surface area contributed by atoms with Crippen LogP contribution in [0.2, 0.25) is 0 Å². The van der Waals surface area contributed by atoms with Crippen LogP contribution in [0.25, 0.3) is 6.08 Å². The molecule has 8 heteroatoms. The zero-order chi connectivity index (χ0) is 18.1. The molecule has 2 aliphatic heterocycles. The molecule has 1 aromatic carbocycles. The molecule has 2 aliphatic rings. The molecular formula is C18H15N3O4S. The van der Waals surface area contributed by atoms with E-state index in [0.717, 1.165) is 30.8 Å². The average molecular weight is 369 g/mol. The van der Waals surface area contributed by atoms with Crippen LogP contribution in [0.5, 0.6) is 0 Å². The van der Waals surface area contributed by atoms with E-state index in [1.165, 1.54) is 23.5 Å². The Labute approximate surface area is 153 Å². The second-order valence-electron chi connectivity index (χ2n) is 6.01. The van der Waals surface area contributed by atoms with Crippen LogP contribution in [0.4, 0.5) is 11.4 Å². The lowest BCUT2D eigenvalue weighted by Gasteiger charge is -2.17. The molecule has 1 aromatic heterocycles. The van der Waals surface area contributed by atoms with E-state index < -0.39 is 5.97 Å². The second-order valence-corrected chi connectivity index (χ2v) is 6.96. The summed E-state index contributed by atoms with van der Waals surface area (Å²) in [7, 11) is 0. The molecule has 0 atom stereocenters. The van der Waals surface area contributed by atoms with Gasteiger partial charge in [-0.05, 0) is 42.0 Å². The number of hydrogen-bond acceptors (Lipinski definition) is 7. The molecule has 0 saturated carbocycles. The number of carbonyl (C=O) groups excluding carboxylic acids is 1. The van der Waals surface area contributed by atoms with Gasteiger partial charge in [-0.15, -0.1) is 11.3 Å². The summed E-state index contributed by atoms with van der Waals surface area (Å²) in [4.78, 5) is 30.1. The van der Waals surface area contributed by atoms with Gasteiger partial charge in [-0.3, -0.25) is 10.1 Å². The summed E-state index contributed by atoms with van der Waals surface area (Å²) < 4.78 is 5.18. The van der Waals surface area contributed by atoms with E-state index in [1.54, 1.807) is 12.1 Å². The SMILES string of the molecule is O=C1OC(c2cccs2)=NC1=Cc1ccc(N2CCCC2)c([N+](=O)[O-])c1. The average Bonchev–Trinajstić information content (AvgIpc) is 3.37. The number of ether oxygens (including phenoxy) is 1. The third-order valence-corrected chi connectivity index (χ3v) is 5.16. The molecule has 0 bridgehead atoms. The van der Waals surface area contributed by atoms with Gasteiger partial charge in [0.05, 0.1) is 9.80 Å². The molecule has 1 saturated heterocycles. The van der Waals surface area contributed by atoms with Crippen molar-refractivity contribution in [1.82, 2.24) is 0 Å². The van der Waals surface area contributed by atoms with E-state index in [4.69, 9.17) is 4.74 Å². The van der Waals surface area contributed by atoms with Gasteiger partial charge in [-0.1, -0.05) is 12.1 Å². The highest BCUT2D eigenvalue weighted by Crippen LogP contribution is 2.32. The van der Waals surface area contributed by atoms with Gasteiger partial charge in [0.2, 0.25) is 5.90 Å². The number of nitrogens with zero attached hydrogens (tertiary/aromatic N) is 3. The number of esters is 1. The lowest BCUT2D eigenvalue weighted by atomic mass is 10.1. The van der Waals surface area contributed by atoms with Gasteiger partial charge in [-0.25, -0.2) is 9.79 Å². The molecule has 2 aromatic rings. The van der Waals surface area contributed by atoms with Gasteiger partial charge < -0.3 is 9.64 Å². The van der Waals surface area contributed by atoms with Crippen LogP contribution in [0, 0.1) is 10.1 Å². The van der Waals surface area contributed by atoms with Crippen molar-refractivity contribution in [3.05, 3.63) is 62.0 Å². The summed E-state index contributed by atoms with van der Waals surface area (Å²) in [5.41, 5.74) is 1.33. The van der Waals surface area contributed by atoms with E-state index in [2.05, 4.69) is 4.99 Å². The number of nitro benzene ring substituents is 1. The Hall–Kier alpha value is -3.00. The number of aliphatic imine (C=N–C) groups is 1. The molecule has 26 heavy (non-hydrogen) atoms. The van der Waals surface area contributed by atoms with Crippen LogP contribution in [0.1, 0.15) is 23.3 Å². The molecule has 132 valence electrons. The fraction of sp³-hybridized carbons (Fsp3) is 0.222. The number of anilines is 1. The smallest absolute Gasteiger partial charge is 0.363 e. The van der Waals surface area contributed by atoms with Crippen molar-refractivity contribution in [2.75, 3.05) is 18.0 Å². The number of carbonyl (C=O) groups is 1. The first-order chi connectivity index (χ1) is 12.6. The minimum absolute atomic E-state index is 0.0371. The summed E-state index contributed by atoms with van der Waals surface area (Å²) in [6, 6.07) is 8.64. The third kappa shape index (κ3) is 3.11. The Kier molecular flexibility index (Phi) is 4.26. The molecule has 7 nitrogen and oxygen atoms in total. The fourth-order valence-electron chi connectivity index (χ4n) is 3.07. The Morgan fingerprint density at radius 2 is 2.08 bits per heavy atom. The summed E-state index contributed by atoms with van der Waals surface area (Å²) >= 11 is 1.42. The number of thiophene rings is 1. The maximum atomic E-state index is 12.0. The van der Waals surface area contributed by atoms with Crippen LogP contribution in [-0.2, 0) is 9.53 Å². The minimum Gasteiger partial charge on any atom is -0.401 e.